The Hall–Kier alpha value is -4.69. The van der Waals surface area contributed by atoms with Gasteiger partial charge in [0.25, 0.3) is 0 Å². The van der Waals surface area contributed by atoms with E-state index >= 15 is 0 Å². The zero-order valence-corrected chi connectivity index (χ0v) is 22.4. The lowest BCUT2D eigenvalue weighted by Crippen LogP contribution is -2.04. The van der Waals surface area contributed by atoms with Gasteiger partial charge in [-0.25, -0.2) is 0 Å². The van der Waals surface area contributed by atoms with Gasteiger partial charge in [0.1, 0.15) is 46.5 Å². The number of aliphatic carboxylic acids is 1. The molecule has 0 aromatic heterocycles. The van der Waals surface area contributed by atoms with Gasteiger partial charge in [-0.1, -0.05) is 44.9 Å². The second kappa shape index (κ2) is 15.7. The SMILES string of the molecule is N#CC(C#N)=C1C=C(C=Cc2ccc(O)cc2OCCCCCCCCCCCC(=O)O)Oc2ccc(O)cc21. The van der Waals surface area contributed by atoms with Crippen molar-refractivity contribution in [3.63, 3.8) is 0 Å². The molecule has 0 atom stereocenters. The van der Waals surface area contributed by atoms with Gasteiger partial charge < -0.3 is 24.8 Å². The van der Waals surface area contributed by atoms with E-state index in [0.717, 1.165) is 63.4 Å². The molecule has 2 aromatic rings. The largest absolute Gasteiger partial charge is 0.508 e. The highest BCUT2D eigenvalue weighted by Gasteiger charge is 2.20. The molecular weight excluding hydrogens is 508 g/mol. The second-order valence-electron chi connectivity index (χ2n) is 9.57. The van der Waals surface area contributed by atoms with Gasteiger partial charge in [0.2, 0.25) is 0 Å². The summed E-state index contributed by atoms with van der Waals surface area (Å²) >= 11 is 0. The van der Waals surface area contributed by atoms with Gasteiger partial charge in [0.05, 0.1) is 6.61 Å². The molecule has 2 aromatic carbocycles. The molecule has 3 N–H and O–H groups in total. The predicted octanol–water partition coefficient (Wildman–Crippen LogP) is 7.25. The van der Waals surface area contributed by atoms with E-state index in [2.05, 4.69) is 0 Å². The molecule has 8 nitrogen and oxygen atoms in total. The van der Waals surface area contributed by atoms with E-state index in [4.69, 9.17) is 14.6 Å². The van der Waals surface area contributed by atoms with Crippen molar-refractivity contribution in [3.8, 4) is 35.1 Å². The Kier molecular flexibility index (Phi) is 11.7. The normalized spacial score (nSPS) is 12.2. The van der Waals surface area contributed by atoms with Crippen LogP contribution >= 0.6 is 0 Å². The van der Waals surface area contributed by atoms with Crippen molar-refractivity contribution in [2.45, 2.75) is 64.2 Å². The monoisotopic (exact) mass is 542 g/mol. The summed E-state index contributed by atoms with van der Waals surface area (Å²) in [5.41, 5.74) is 1.46. The van der Waals surface area contributed by atoms with Crippen LogP contribution in [0.5, 0.6) is 23.0 Å². The molecule has 1 aliphatic heterocycles. The molecule has 3 rings (SSSR count). The highest BCUT2D eigenvalue weighted by Crippen LogP contribution is 2.38. The number of phenols is 2. The van der Waals surface area contributed by atoms with Crippen molar-refractivity contribution >= 4 is 17.6 Å². The van der Waals surface area contributed by atoms with Gasteiger partial charge in [0.15, 0.2) is 0 Å². The first-order valence-corrected chi connectivity index (χ1v) is 13.5. The molecular formula is C32H34N2O6. The molecule has 40 heavy (non-hydrogen) atoms. The number of fused-ring (bicyclic) bond motifs is 1. The van der Waals surface area contributed by atoms with Gasteiger partial charge in [-0.3, -0.25) is 4.79 Å². The Morgan fingerprint density at radius 2 is 1.48 bits per heavy atom. The van der Waals surface area contributed by atoms with Crippen molar-refractivity contribution in [2.75, 3.05) is 6.61 Å². The van der Waals surface area contributed by atoms with E-state index in [1.807, 2.05) is 12.1 Å². The second-order valence-corrected chi connectivity index (χ2v) is 9.57. The fraction of sp³-hybridized carbons (Fsp3) is 0.344. The summed E-state index contributed by atoms with van der Waals surface area (Å²) in [5, 5.41) is 47.3. The van der Waals surface area contributed by atoms with Crippen LogP contribution in [0.15, 0.2) is 59.9 Å². The van der Waals surface area contributed by atoms with Crippen molar-refractivity contribution < 1.29 is 29.6 Å². The zero-order valence-electron chi connectivity index (χ0n) is 22.4. The molecule has 1 heterocycles. The summed E-state index contributed by atoms with van der Waals surface area (Å²) in [7, 11) is 0. The molecule has 0 saturated heterocycles. The summed E-state index contributed by atoms with van der Waals surface area (Å²) in [4.78, 5) is 10.5. The molecule has 0 bridgehead atoms. The van der Waals surface area contributed by atoms with Crippen LogP contribution in [0.25, 0.3) is 11.6 Å². The minimum absolute atomic E-state index is 0.00156. The average Bonchev–Trinajstić information content (AvgIpc) is 2.93. The van der Waals surface area contributed by atoms with E-state index in [-0.39, 0.29) is 23.5 Å². The van der Waals surface area contributed by atoms with E-state index in [1.54, 1.807) is 42.5 Å². The Labute approximate surface area is 234 Å². The first-order valence-electron chi connectivity index (χ1n) is 13.5. The molecule has 8 heteroatoms. The number of hydrogen-bond donors (Lipinski definition) is 3. The van der Waals surface area contributed by atoms with Crippen LogP contribution in [0.2, 0.25) is 0 Å². The molecule has 0 saturated carbocycles. The molecule has 0 fully saturated rings. The summed E-state index contributed by atoms with van der Waals surface area (Å²) in [6, 6.07) is 13.2. The number of carboxylic acids is 1. The number of benzene rings is 2. The number of carboxylic acid groups (broad SMARTS) is 1. The Balaban J connectivity index is 1.54. The number of hydrogen-bond acceptors (Lipinski definition) is 7. The number of allylic oxidation sites excluding steroid dienone is 4. The lowest BCUT2D eigenvalue weighted by Gasteiger charge is -2.19. The lowest BCUT2D eigenvalue weighted by molar-refractivity contribution is -0.137. The third kappa shape index (κ3) is 9.25. The fourth-order valence-electron chi connectivity index (χ4n) is 4.38. The van der Waals surface area contributed by atoms with Gasteiger partial charge in [-0.2, -0.15) is 10.5 Å². The Morgan fingerprint density at radius 1 is 0.850 bits per heavy atom. The van der Waals surface area contributed by atoms with E-state index < -0.39 is 5.97 Å². The number of nitrogens with zero attached hydrogens (tertiary/aromatic N) is 2. The quantitative estimate of drug-likeness (QED) is 0.158. The minimum atomic E-state index is -0.724. The molecule has 1 aliphatic rings. The third-order valence-electron chi connectivity index (χ3n) is 6.48. The first kappa shape index (κ1) is 29.9. The van der Waals surface area contributed by atoms with Crippen molar-refractivity contribution in [1.29, 1.82) is 10.5 Å². The number of unbranched alkanes of at least 4 members (excludes halogenated alkanes) is 8. The maximum absolute atomic E-state index is 10.5. The van der Waals surface area contributed by atoms with Crippen LogP contribution in [0.1, 0.15) is 75.3 Å². The maximum atomic E-state index is 10.5. The van der Waals surface area contributed by atoms with Crippen LogP contribution in [-0.2, 0) is 4.79 Å². The Bertz CT molecular complexity index is 1340. The van der Waals surface area contributed by atoms with E-state index in [1.165, 1.54) is 12.1 Å². The highest BCUT2D eigenvalue weighted by atomic mass is 16.5. The molecule has 0 aliphatic carbocycles. The third-order valence-corrected chi connectivity index (χ3v) is 6.48. The fourth-order valence-corrected chi connectivity index (χ4v) is 4.38. The van der Waals surface area contributed by atoms with Gasteiger partial charge >= 0.3 is 5.97 Å². The van der Waals surface area contributed by atoms with Crippen LogP contribution in [0.4, 0.5) is 0 Å². The highest BCUT2D eigenvalue weighted by molar-refractivity contribution is 5.87. The summed E-state index contributed by atoms with van der Waals surface area (Å²) in [6.45, 7) is 0.510. The number of rotatable bonds is 15. The van der Waals surface area contributed by atoms with Gasteiger partial charge in [0, 0.05) is 29.2 Å². The van der Waals surface area contributed by atoms with Crippen molar-refractivity contribution in [3.05, 3.63) is 71.0 Å². The zero-order chi connectivity index (χ0) is 28.7. The van der Waals surface area contributed by atoms with Crippen LogP contribution in [0.3, 0.4) is 0 Å². The summed E-state index contributed by atoms with van der Waals surface area (Å²) < 4.78 is 11.9. The number of carbonyl (C=O) groups is 1. The summed E-state index contributed by atoms with van der Waals surface area (Å²) in [5.74, 6) is 0.715. The summed E-state index contributed by atoms with van der Waals surface area (Å²) in [6.07, 6.45) is 14.6. The number of phenolic OH excluding ortho intramolecular Hbond substituents is 2. The standard InChI is InChI=1S/C32H34N2O6/c33-21-24(22-34)28-20-27(40-30-16-14-25(35)18-29(28)30)15-12-23-11-13-26(36)19-31(23)39-17-9-7-5-3-1-2-4-6-8-10-32(37)38/h11-16,18-20,35-36H,1-10,17H2,(H,37,38). The molecule has 0 amide bonds. The molecule has 208 valence electrons. The lowest BCUT2D eigenvalue weighted by atomic mass is 9.97. The maximum Gasteiger partial charge on any atom is 0.303 e. The number of ether oxygens (including phenoxy) is 2. The van der Waals surface area contributed by atoms with Crippen LogP contribution < -0.4 is 9.47 Å². The average molecular weight is 543 g/mol. The smallest absolute Gasteiger partial charge is 0.303 e. The van der Waals surface area contributed by atoms with E-state index in [9.17, 15) is 25.5 Å². The first-order chi connectivity index (χ1) is 19.4. The topological polar surface area (TPSA) is 144 Å². The van der Waals surface area contributed by atoms with Gasteiger partial charge in [-0.15, -0.1) is 0 Å². The van der Waals surface area contributed by atoms with E-state index in [0.29, 0.717) is 35.0 Å². The predicted molar refractivity (Wildman–Crippen MR) is 151 cm³/mol. The number of aromatic hydroxyl groups is 2. The molecule has 0 unspecified atom stereocenters. The van der Waals surface area contributed by atoms with Gasteiger partial charge in [-0.05, 0) is 61.4 Å². The molecule has 0 radical (unpaired) electrons. The van der Waals surface area contributed by atoms with Crippen LogP contribution in [0, 0.1) is 22.7 Å². The van der Waals surface area contributed by atoms with Crippen molar-refractivity contribution in [2.24, 2.45) is 0 Å². The number of nitriles is 2. The van der Waals surface area contributed by atoms with Crippen molar-refractivity contribution in [1.82, 2.24) is 0 Å². The minimum Gasteiger partial charge on any atom is -0.508 e. The van der Waals surface area contributed by atoms with Crippen LogP contribution in [-0.4, -0.2) is 27.9 Å². The Morgan fingerprint density at radius 3 is 2.15 bits per heavy atom. The molecule has 0 spiro atoms.